The molecule has 0 aliphatic carbocycles. The highest BCUT2D eigenvalue weighted by atomic mass is 35.5. The van der Waals surface area contributed by atoms with Crippen LogP contribution in [0.5, 0.6) is 5.75 Å². The summed E-state index contributed by atoms with van der Waals surface area (Å²) in [7, 11) is 0. The van der Waals surface area contributed by atoms with Crippen LogP contribution in [0.15, 0.2) is 24.3 Å². The minimum absolute atomic E-state index is 0.181. The Bertz CT molecular complexity index is 503. The monoisotopic (exact) mass is 329 g/mol. The molecule has 0 aliphatic rings. The van der Waals surface area contributed by atoms with Gasteiger partial charge in [0.2, 0.25) is 0 Å². The first-order valence-electron chi connectivity index (χ1n) is 6.52. The summed E-state index contributed by atoms with van der Waals surface area (Å²) in [6.07, 6.45) is 0. The smallest absolute Gasteiger partial charge is 0.281 e. The van der Waals surface area contributed by atoms with Gasteiger partial charge in [0.05, 0.1) is 0 Å². The zero-order valence-corrected chi connectivity index (χ0v) is 14.1. The van der Waals surface area contributed by atoms with Gasteiger partial charge in [-0.05, 0) is 64.2 Å². The van der Waals surface area contributed by atoms with Gasteiger partial charge in [-0.25, -0.2) is 0 Å². The Hall–Kier alpha value is -1.53. The number of thiocarbonyl (C=S) groups is 1. The van der Waals surface area contributed by atoms with Crippen LogP contribution in [0.25, 0.3) is 0 Å². The molecule has 0 unspecified atom stereocenters. The lowest BCUT2D eigenvalue weighted by molar-refractivity contribution is -0.134. The van der Waals surface area contributed by atoms with E-state index in [4.69, 9.17) is 28.6 Å². The first-order chi connectivity index (χ1) is 9.70. The molecule has 1 aromatic rings. The van der Waals surface area contributed by atoms with E-state index in [0.29, 0.717) is 15.9 Å². The number of rotatable bonds is 4. The van der Waals surface area contributed by atoms with Crippen molar-refractivity contribution in [3.8, 4) is 5.75 Å². The van der Waals surface area contributed by atoms with Crippen molar-refractivity contribution in [3.63, 3.8) is 0 Å². The summed E-state index contributed by atoms with van der Waals surface area (Å²) in [5.74, 6) is 0.216. The van der Waals surface area contributed by atoms with Gasteiger partial charge in [-0.2, -0.15) is 0 Å². The van der Waals surface area contributed by atoms with Gasteiger partial charge < -0.3 is 10.1 Å². The fraction of sp³-hybridized carbons (Fsp3) is 0.429. The second kappa shape index (κ2) is 7.47. The topological polar surface area (TPSA) is 62.4 Å². The molecule has 7 heteroatoms. The van der Waals surface area contributed by atoms with Gasteiger partial charge in [0, 0.05) is 11.1 Å². The summed E-state index contributed by atoms with van der Waals surface area (Å²) in [5.41, 5.74) is 4.09. The highest BCUT2D eigenvalue weighted by Crippen LogP contribution is 2.20. The van der Waals surface area contributed by atoms with Crippen molar-refractivity contribution in [2.45, 2.75) is 39.3 Å². The van der Waals surface area contributed by atoms with E-state index in [1.807, 2.05) is 13.8 Å². The van der Waals surface area contributed by atoms with Crippen LogP contribution in [0.4, 0.5) is 0 Å². The van der Waals surface area contributed by atoms with Crippen molar-refractivity contribution in [3.05, 3.63) is 29.3 Å². The van der Waals surface area contributed by atoms with Crippen molar-refractivity contribution < 1.29 is 9.53 Å². The number of hydrogen-bond acceptors (Lipinski definition) is 3. The van der Waals surface area contributed by atoms with Crippen LogP contribution in [-0.4, -0.2) is 22.7 Å². The zero-order valence-electron chi connectivity index (χ0n) is 12.5. The van der Waals surface area contributed by atoms with Crippen molar-refractivity contribution in [2.24, 2.45) is 0 Å². The number of nitrogens with one attached hydrogen (secondary N) is 3. The van der Waals surface area contributed by atoms with E-state index in [2.05, 4.69) is 16.2 Å². The minimum Gasteiger partial charge on any atom is -0.478 e. The molecule has 0 saturated heterocycles. The predicted octanol–water partition coefficient (Wildman–Crippen LogP) is 2.40. The Labute approximate surface area is 135 Å². The lowest BCUT2D eigenvalue weighted by atomic mass is 10.1. The van der Waals surface area contributed by atoms with Gasteiger partial charge in [-0.1, -0.05) is 11.6 Å². The summed E-state index contributed by atoms with van der Waals surface area (Å²) in [4.78, 5) is 12.1. The second-order valence-electron chi connectivity index (χ2n) is 5.27. The second-order valence-corrected chi connectivity index (χ2v) is 6.12. The quantitative estimate of drug-likeness (QED) is 0.585. The fourth-order valence-electron chi connectivity index (χ4n) is 1.41. The fourth-order valence-corrected chi connectivity index (χ4v) is 1.82. The molecule has 0 radical (unpaired) electrons. The molecule has 0 spiro atoms. The third-order valence-corrected chi connectivity index (χ3v) is 2.91. The Morgan fingerprint density at radius 1 is 1.24 bits per heavy atom. The normalized spacial score (nSPS) is 11.0. The molecule has 0 bridgehead atoms. The van der Waals surface area contributed by atoms with E-state index in [0.717, 1.165) is 0 Å². The summed E-state index contributed by atoms with van der Waals surface area (Å²) < 4.78 is 5.66. The molecule has 3 N–H and O–H groups in total. The van der Waals surface area contributed by atoms with E-state index in [1.165, 1.54) is 0 Å². The molecule has 0 atom stereocenters. The molecule has 0 aromatic heterocycles. The van der Waals surface area contributed by atoms with Gasteiger partial charge in [-0.3, -0.25) is 15.6 Å². The van der Waals surface area contributed by atoms with Crippen molar-refractivity contribution >= 4 is 34.8 Å². The highest BCUT2D eigenvalue weighted by molar-refractivity contribution is 7.80. The summed E-state index contributed by atoms with van der Waals surface area (Å²) in [6, 6.07) is 6.99. The van der Waals surface area contributed by atoms with Crippen LogP contribution in [0.3, 0.4) is 0 Å². The molecule has 0 fully saturated rings. The van der Waals surface area contributed by atoms with E-state index in [1.54, 1.807) is 38.1 Å². The molecular formula is C14H20ClN3O2S. The minimum atomic E-state index is -1.06. The lowest BCUT2D eigenvalue weighted by Gasteiger charge is -2.26. The molecule has 1 amide bonds. The molecule has 5 nitrogen and oxygen atoms in total. The Morgan fingerprint density at radius 2 is 1.81 bits per heavy atom. The Kier molecular flexibility index (Phi) is 6.23. The maximum atomic E-state index is 12.1. The number of benzene rings is 1. The van der Waals surface area contributed by atoms with Gasteiger partial charge in [-0.15, -0.1) is 0 Å². The average Bonchev–Trinajstić information content (AvgIpc) is 2.37. The molecule has 0 aliphatic heterocycles. The molecule has 1 rings (SSSR count). The van der Waals surface area contributed by atoms with Gasteiger partial charge in [0.1, 0.15) is 5.75 Å². The predicted molar refractivity (Wildman–Crippen MR) is 88.3 cm³/mol. The zero-order chi connectivity index (χ0) is 16.0. The first-order valence-corrected chi connectivity index (χ1v) is 7.31. The van der Waals surface area contributed by atoms with E-state index in [-0.39, 0.29) is 11.9 Å². The van der Waals surface area contributed by atoms with Crippen LogP contribution < -0.4 is 20.9 Å². The van der Waals surface area contributed by atoms with E-state index >= 15 is 0 Å². The highest BCUT2D eigenvalue weighted by Gasteiger charge is 2.30. The van der Waals surface area contributed by atoms with Crippen molar-refractivity contribution in [2.75, 3.05) is 0 Å². The Morgan fingerprint density at radius 3 is 2.33 bits per heavy atom. The number of carbonyl (C=O) groups excluding carboxylic acids is 1. The molecule has 1 aromatic carbocycles. The van der Waals surface area contributed by atoms with Crippen molar-refractivity contribution in [1.82, 2.24) is 16.2 Å². The molecule has 21 heavy (non-hydrogen) atoms. The Balaban J connectivity index is 2.54. The first kappa shape index (κ1) is 17.5. The lowest BCUT2D eigenvalue weighted by Crippen LogP contribution is -2.55. The maximum absolute atomic E-state index is 12.1. The number of ether oxygens (including phenoxy) is 1. The number of hydrogen-bond donors (Lipinski definition) is 3. The number of halogens is 1. The van der Waals surface area contributed by atoms with Crippen LogP contribution in [0, 0.1) is 0 Å². The SMILES string of the molecule is CC(C)NC(=S)NNC(=O)C(C)(C)Oc1ccc(Cl)cc1. The number of hydrazine groups is 1. The summed E-state index contributed by atoms with van der Waals surface area (Å²) in [5, 5.41) is 3.91. The average molecular weight is 330 g/mol. The van der Waals surface area contributed by atoms with Gasteiger partial charge in [0.25, 0.3) is 5.91 Å². The number of carbonyl (C=O) groups is 1. The van der Waals surface area contributed by atoms with Crippen LogP contribution >= 0.6 is 23.8 Å². The summed E-state index contributed by atoms with van der Waals surface area (Å²) in [6.45, 7) is 7.22. The third-order valence-electron chi connectivity index (χ3n) is 2.44. The van der Waals surface area contributed by atoms with Crippen LogP contribution in [-0.2, 0) is 4.79 Å². The summed E-state index contributed by atoms with van der Waals surface area (Å²) >= 11 is 10.8. The molecular weight excluding hydrogens is 310 g/mol. The molecule has 0 saturated carbocycles. The molecule has 0 heterocycles. The third kappa shape index (κ3) is 6.18. The van der Waals surface area contributed by atoms with Gasteiger partial charge >= 0.3 is 0 Å². The maximum Gasteiger partial charge on any atom is 0.281 e. The van der Waals surface area contributed by atoms with E-state index < -0.39 is 5.60 Å². The van der Waals surface area contributed by atoms with Gasteiger partial charge in [0.15, 0.2) is 10.7 Å². The van der Waals surface area contributed by atoms with Crippen LogP contribution in [0.1, 0.15) is 27.7 Å². The molecule has 116 valence electrons. The largest absolute Gasteiger partial charge is 0.478 e. The van der Waals surface area contributed by atoms with Crippen molar-refractivity contribution in [1.29, 1.82) is 0 Å². The standard InChI is InChI=1S/C14H20ClN3O2S/c1-9(2)16-13(21)18-17-12(19)14(3,4)20-11-7-5-10(15)6-8-11/h5-9H,1-4H3,(H,17,19)(H2,16,18,21). The number of amides is 1. The van der Waals surface area contributed by atoms with Crippen LogP contribution in [0.2, 0.25) is 5.02 Å². The van der Waals surface area contributed by atoms with E-state index in [9.17, 15) is 4.79 Å².